The van der Waals surface area contributed by atoms with Crippen molar-refractivity contribution < 1.29 is 4.79 Å². The molecule has 1 aromatic rings. The summed E-state index contributed by atoms with van der Waals surface area (Å²) in [5.41, 5.74) is 2.23. The van der Waals surface area contributed by atoms with Gasteiger partial charge in [0.1, 0.15) is 0 Å². The van der Waals surface area contributed by atoms with Gasteiger partial charge in [-0.2, -0.15) is 11.3 Å². The second-order valence-electron chi connectivity index (χ2n) is 4.06. The van der Waals surface area contributed by atoms with Crippen molar-refractivity contribution in [2.24, 2.45) is 0 Å². The number of allylic oxidation sites excluding steroid dienone is 2. The first-order chi connectivity index (χ1) is 7.36. The zero-order chi connectivity index (χ0) is 10.5. The molecule has 2 rings (SSSR count). The van der Waals surface area contributed by atoms with Crippen LogP contribution in [0, 0.1) is 0 Å². The first-order valence-corrected chi connectivity index (χ1v) is 6.54. The third-order valence-corrected chi connectivity index (χ3v) is 3.58. The number of hydrogen-bond donors (Lipinski definition) is 0. The predicted octanol–water partition coefficient (Wildman–Crippen LogP) is 3.75. The number of Topliss-reactive ketones (excluding diaryl/α,β-unsaturated/α-hetero) is 1. The van der Waals surface area contributed by atoms with E-state index >= 15 is 0 Å². The molecule has 0 saturated carbocycles. The van der Waals surface area contributed by atoms with E-state index in [1.54, 1.807) is 11.3 Å². The smallest absolute Gasteiger partial charge is 0.162 e. The van der Waals surface area contributed by atoms with Crippen molar-refractivity contribution in [1.82, 2.24) is 0 Å². The molecule has 0 bridgehead atoms. The van der Waals surface area contributed by atoms with Crippen LogP contribution >= 0.6 is 11.3 Å². The van der Waals surface area contributed by atoms with Crippen molar-refractivity contribution in [2.45, 2.75) is 38.5 Å². The summed E-state index contributed by atoms with van der Waals surface area (Å²) in [6, 6.07) is 2.04. The van der Waals surface area contributed by atoms with Gasteiger partial charge in [0.15, 0.2) is 5.78 Å². The van der Waals surface area contributed by atoms with Crippen molar-refractivity contribution >= 4 is 17.1 Å². The summed E-state index contributed by atoms with van der Waals surface area (Å²) >= 11 is 1.66. The standard InChI is InChI=1S/C13H16OS/c14-13(9-11-7-8-15-10-11)12-5-3-1-2-4-6-12/h5,7-8,10H,1-4,6,9H2. The first kappa shape index (κ1) is 10.6. The molecule has 1 aromatic heterocycles. The van der Waals surface area contributed by atoms with E-state index in [2.05, 4.69) is 11.5 Å². The average Bonchev–Trinajstić information content (AvgIpc) is 2.58. The van der Waals surface area contributed by atoms with Crippen LogP contribution in [-0.2, 0) is 11.2 Å². The van der Waals surface area contributed by atoms with Crippen LogP contribution in [-0.4, -0.2) is 5.78 Å². The van der Waals surface area contributed by atoms with Crippen LogP contribution in [0.2, 0.25) is 0 Å². The minimum absolute atomic E-state index is 0.329. The van der Waals surface area contributed by atoms with Crippen molar-refractivity contribution in [2.75, 3.05) is 0 Å². The molecule has 1 aliphatic rings. The molecule has 0 fully saturated rings. The van der Waals surface area contributed by atoms with Crippen molar-refractivity contribution in [1.29, 1.82) is 0 Å². The fourth-order valence-electron chi connectivity index (χ4n) is 1.96. The Balaban J connectivity index is 1.98. The number of carbonyl (C=O) groups is 1. The van der Waals surface area contributed by atoms with E-state index in [9.17, 15) is 4.79 Å². The summed E-state index contributed by atoms with van der Waals surface area (Å²) in [5, 5.41) is 4.10. The van der Waals surface area contributed by atoms with Gasteiger partial charge in [-0.05, 0) is 53.6 Å². The van der Waals surface area contributed by atoms with E-state index in [-0.39, 0.29) is 0 Å². The van der Waals surface area contributed by atoms with Crippen LogP contribution in [0.4, 0.5) is 0 Å². The predicted molar refractivity (Wildman–Crippen MR) is 64.2 cm³/mol. The summed E-state index contributed by atoms with van der Waals surface area (Å²) in [7, 11) is 0. The minimum atomic E-state index is 0.329. The number of hydrogen-bond acceptors (Lipinski definition) is 2. The van der Waals surface area contributed by atoms with E-state index < -0.39 is 0 Å². The van der Waals surface area contributed by atoms with Crippen LogP contribution in [0.15, 0.2) is 28.5 Å². The highest BCUT2D eigenvalue weighted by atomic mass is 32.1. The van der Waals surface area contributed by atoms with Gasteiger partial charge in [0.25, 0.3) is 0 Å². The summed E-state index contributed by atoms with van der Waals surface area (Å²) < 4.78 is 0. The highest BCUT2D eigenvalue weighted by molar-refractivity contribution is 7.08. The van der Waals surface area contributed by atoms with Gasteiger partial charge in [-0.1, -0.05) is 12.5 Å². The average molecular weight is 220 g/mol. The lowest BCUT2D eigenvalue weighted by atomic mass is 10.0. The molecule has 1 nitrogen and oxygen atoms in total. The second kappa shape index (κ2) is 5.26. The maximum absolute atomic E-state index is 12.0. The fourth-order valence-corrected chi connectivity index (χ4v) is 2.63. The van der Waals surface area contributed by atoms with Gasteiger partial charge in [-0.25, -0.2) is 0 Å². The Kier molecular flexibility index (Phi) is 3.73. The molecule has 15 heavy (non-hydrogen) atoms. The molecule has 0 saturated heterocycles. The van der Waals surface area contributed by atoms with Gasteiger partial charge < -0.3 is 0 Å². The highest BCUT2D eigenvalue weighted by Crippen LogP contribution is 2.19. The van der Waals surface area contributed by atoms with Crippen molar-refractivity contribution in [3.05, 3.63) is 34.0 Å². The molecule has 0 aromatic carbocycles. The van der Waals surface area contributed by atoms with Gasteiger partial charge >= 0.3 is 0 Å². The summed E-state index contributed by atoms with van der Waals surface area (Å²) in [6.07, 6.45) is 8.52. The second-order valence-corrected chi connectivity index (χ2v) is 4.84. The Morgan fingerprint density at radius 2 is 2.27 bits per heavy atom. The molecule has 0 unspecified atom stereocenters. The van der Waals surface area contributed by atoms with E-state index in [0.717, 1.165) is 24.0 Å². The third kappa shape index (κ3) is 3.03. The van der Waals surface area contributed by atoms with E-state index in [4.69, 9.17) is 0 Å². The lowest BCUT2D eigenvalue weighted by Gasteiger charge is -2.02. The monoisotopic (exact) mass is 220 g/mol. The number of rotatable bonds is 3. The molecule has 0 amide bonds. The van der Waals surface area contributed by atoms with E-state index in [0.29, 0.717) is 12.2 Å². The summed E-state index contributed by atoms with van der Waals surface area (Å²) in [5.74, 6) is 0.329. The summed E-state index contributed by atoms with van der Waals surface area (Å²) in [4.78, 5) is 12.0. The fraction of sp³-hybridized carbons (Fsp3) is 0.462. The molecule has 1 aliphatic carbocycles. The number of carbonyl (C=O) groups excluding carboxylic acids is 1. The quantitative estimate of drug-likeness (QED) is 0.758. The SMILES string of the molecule is O=C(Cc1ccsc1)C1=CCCCCC1. The van der Waals surface area contributed by atoms with Gasteiger partial charge in [0.2, 0.25) is 0 Å². The number of ketones is 1. The molecule has 0 atom stereocenters. The Hall–Kier alpha value is -0.890. The topological polar surface area (TPSA) is 17.1 Å². The van der Waals surface area contributed by atoms with Crippen LogP contribution in [0.5, 0.6) is 0 Å². The van der Waals surface area contributed by atoms with Crippen molar-refractivity contribution in [3.8, 4) is 0 Å². The molecule has 1 heterocycles. The van der Waals surface area contributed by atoms with E-state index in [1.165, 1.54) is 19.3 Å². The zero-order valence-corrected chi connectivity index (χ0v) is 9.69. The maximum atomic E-state index is 12.0. The Morgan fingerprint density at radius 3 is 3.07 bits per heavy atom. The summed E-state index contributed by atoms with van der Waals surface area (Å²) in [6.45, 7) is 0. The van der Waals surface area contributed by atoms with E-state index in [1.807, 2.05) is 11.4 Å². The minimum Gasteiger partial charge on any atom is -0.294 e. The Morgan fingerprint density at radius 1 is 1.33 bits per heavy atom. The zero-order valence-electron chi connectivity index (χ0n) is 8.87. The Labute approximate surface area is 94.8 Å². The van der Waals surface area contributed by atoms with Gasteiger partial charge in [-0.3, -0.25) is 4.79 Å². The molecule has 0 spiro atoms. The van der Waals surface area contributed by atoms with Crippen LogP contribution in [0.3, 0.4) is 0 Å². The number of thiophene rings is 1. The lowest BCUT2D eigenvalue weighted by molar-refractivity contribution is -0.115. The molecule has 80 valence electrons. The molecule has 0 aliphatic heterocycles. The highest BCUT2D eigenvalue weighted by Gasteiger charge is 2.11. The normalized spacial score (nSPS) is 16.9. The van der Waals surface area contributed by atoms with Gasteiger partial charge in [0.05, 0.1) is 0 Å². The van der Waals surface area contributed by atoms with Crippen molar-refractivity contribution in [3.63, 3.8) is 0 Å². The lowest BCUT2D eigenvalue weighted by Crippen LogP contribution is -2.05. The first-order valence-electron chi connectivity index (χ1n) is 5.59. The van der Waals surface area contributed by atoms with Crippen LogP contribution in [0.25, 0.3) is 0 Å². The molecule has 0 N–H and O–H groups in total. The third-order valence-electron chi connectivity index (χ3n) is 2.84. The largest absolute Gasteiger partial charge is 0.294 e. The molecule has 2 heteroatoms. The van der Waals surface area contributed by atoms with Gasteiger partial charge in [0, 0.05) is 6.42 Å². The Bertz CT molecular complexity index is 349. The molecule has 0 radical (unpaired) electrons. The van der Waals surface area contributed by atoms with Crippen LogP contribution in [0.1, 0.15) is 37.7 Å². The molecular weight excluding hydrogens is 204 g/mol. The van der Waals surface area contributed by atoms with Crippen LogP contribution < -0.4 is 0 Å². The maximum Gasteiger partial charge on any atom is 0.162 e. The van der Waals surface area contributed by atoms with Gasteiger partial charge in [-0.15, -0.1) is 0 Å². The molecular formula is C13H16OS.